The van der Waals surface area contributed by atoms with Gasteiger partial charge in [-0.15, -0.1) is 0 Å². The summed E-state index contributed by atoms with van der Waals surface area (Å²) in [5.74, 6) is 1.72. The topological polar surface area (TPSA) is 48.0 Å². The fraction of sp³-hybridized carbons (Fsp3) is 0.321. The normalized spacial score (nSPS) is 15.0. The molecule has 3 aromatic rings. The van der Waals surface area contributed by atoms with Crippen LogP contribution in [0.15, 0.2) is 54.6 Å². The van der Waals surface area contributed by atoms with Crippen molar-refractivity contribution in [2.45, 2.75) is 32.7 Å². The lowest BCUT2D eigenvalue weighted by Gasteiger charge is -2.38. The fourth-order valence-corrected chi connectivity index (χ4v) is 4.58. The van der Waals surface area contributed by atoms with E-state index in [-0.39, 0.29) is 24.2 Å². The molecular formula is C28H30FNO4. The van der Waals surface area contributed by atoms with Gasteiger partial charge in [0, 0.05) is 6.54 Å². The molecule has 1 unspecified atom stereocenters. The van der Waals surface area contributed by atoms with E-state index in [0.29, 0.717) is 31.1 Å². The summed E-state index contributed by atoms with van der Waals surface area (Å²) in [6, 6.07) is 15.8. The second-order valence-electron chi connectivity index (χ2n) is 8.70. The van der Waals surface area contributed by atoms with E-state index in [1.165, 1.54) is 12.1 Å². The zero-order valence-electron chi connectivity index (χ0n) is 20.1. The van der Waals surface area contributed by atoms with E-state index in [1.807, 2.05) is 43.0 Å². The molecule has 0 saturated carbocycles. The smallest absolute Gasteiger partial charge is 0.227 e. The second-order valence-corrected chi connectivity index (χ2v) is 8.70. The summed E-state index contributed by atoms with van der Waals surface area (Å²) in [6.07, 6.45) is 0.897. The Balaban J connectivity index is 1.65. The number of halogens is 1. The van der Waals surface area contributed by atoms with Crippen LogP contribution in [0.1, 0.15) is 33.9 Å². The first kappa shape index (κ1) is 23.6. The van der Waals surface area contributed by atoms with Crippen molar-refractivity contribution < 1.29 is 23.4 Å². The minimum Gasteiger partial charge on any atom is -0.493 e. The minimum absolute atomic E-state index is 0.0268. The quantitative estimate of drug-likeness (QED) is 0.483. The molecule has 1 aliphatic rings. The Morgan fingerprint density at radius 2 is 1.62 bits per heavy atom. The lowest BCUT2D eigenvalue weighted by Crippen LogP contribution is -2.43. The van der Waals surface area contributed by atoms with Crippen LogP contribution in [-0.4, -0.2) is 38.2 Å². The number of benzene rings is 3. The van der Waals surface area contributed by atoms with Crippen molar-refractivity contribution in [2.24, 2.45) is 0 Å². The van der Waals surface area contributed by atoms with E-state index >= 15 is 0 Å². The van der Waals surface area contributed by atoms with Gasteiger partial charge in [-0.3, -0.25) is 4.79 Å². The monoisotopic (exact) mass is 463 g/mol. The largest absolute Gasteiger partial charge is 0.493 e. The Morgan fingerprint density at radius 3 is 2.26 bits per heavy atom. The summed E-state index contributed by atoms with van der Waals surface area (Å²) < 4.78 is 30.6. The van der Waals surface area contributed by atoms with E-state index in [2.05, 4.69) is 6.07 Å². The molecule has 0 bridgehead atoms. The average Bonchev–Trinajstić information content (AvgIpc) is 2.82. The van der Waals surface area contributed by atoms with Crippen LogP contribution in [-0.2, 0) is 17.6 Å². The number of hydrogen-bond acceptors (Lipinski definition) is 4. The Morgan fingerprint density at radius 1 is 0.971 bits per heavy atom. The number of fused-ring (bicyclic) bond motifs is 1. The molecule has 178 valence electrons. The van der Waals surface area contributed by atoms with Gasteiger partial charge in [0.2, 0.25) is 5.91 Å². The molecule has 0 fully saturated rings. The first-order chi connectivity index (χ1) is 16.4. The molecule has 0 spiro atoms. The third-order valence-electron chi connectivity index (χ3n) is 6.19. The third kappa shape index (κ3) is 5.16. The Labute approximate surface area is 200 Å². The van der Waals surface area contributed by atoms with Crippen molar-refractivity contribution in [3.63, 3.8) is 0 Å². The summed E-state index contributed by atoms with van der Waals surface area (Å²) in [5.41, 5.74) is 5.11. The maximum absolute atomic E-state index is 13.4. The highest BCUT2D eigenvalue weighted by molar-refractivity contribution is 5.80. The van der Waals surface area contributed by atoms with Crippen LogP contribution in [0.25, 0.3) is 0 Å². The van der Waals surface area contributed by atoms with Gasteiger partial charge in [-0.1, -0.05) is 18.2 Å². The van der Waals surface area contributed by atoms with Crippen molar-refractivity contribution in [1.82, 2.24) is 4.90 Å². The number of nitrogens with zero attached hydrogens (tertiary/aromatic N) is 1. The molecule has 5 nitrogen and oxygen atoms in total. The Bertz CT molecular complexity index is 1160. The summed E-state index contributed by atoms with van der Waals surface area (Å²) in [4.78, 5) is 15.3. The zero-order valence-corrected chi connectivity index (χ0v) is 20.1. The van der Waals surface area contributed by atoms with Crippen LogP contribution in [0, 0.1) is 19.7 Å². The van der Waals surface area contributed by atoms with Crippen molar-refractivity contribution in [1.29, 1.82) is 0 Å². The summed E-state index contributed by atoms with van der Waals surface area (Å²) in [6.45, 7) is 4.93. The summed E-state index contributed by atoms with van der Waals surface area (Å²) in [5, 5.41) is 0. The zero-order chi connectivity index (χ0) is 24.2. The highest BCUT2D eigenvalue weighted by Crippen LogP contribution is 2.38. The van der Waals surface area contributed by atoms with Gasteiger partial charge >= 0.3 is 0 Å². The number of methoxy groups -OCH3 is 2. The second kappa shape index (κ2) is 10.2. The maximum Gasteiger partial charge on any atom is 0.227 e. The lowest BCUT2D eigenvalue weighted by atomic mass is 9.91. The van der Waals surface area contributed by atoms with Crippen LogP contribution in [0.5, 0.6) is 17.2 Å². The molecule has 0 N–H and O–H groups in total. The van der Waals surface area contributed by atoms with Crippen LogP contribution in [0.2, 0.25) is 0 Å². The van der Waals surface area contributed by atoms with Crippen LogP contribution in [0.4, 0.5) is 4.39 Å². The molecule has 0 radical (unpaired) electrons. The van der Waals surface area contributed by atoms with Crippen molar-refractivity contribution in [2.75, 3.05) is 27.4 Å². The molecule has 0 aliphatic carbocycles. The van der Waals surface area contributed by atoms with Crippen molar-refractivity contribution >= 4 is 5.91 Å². The Hall–Kier alpha value is -3.54. The predicted molar refractivity (Wildman–Crippen MR) is 129 cm³/mol. The highest BCUT2D eigenvalue weighted by Gasteiger charge is 2.33. The average molecular weight is 464 g/mol. The van der Waals surface area contributed by atoms with Gasteiger partial charge < -0.3 is 19.1 Å². The van der Waals surface area contributed by atoms with Crippen LogP contribution < -0.4 is 14.2 Å². The molecule has 1 heterocycles. The summed E-state index contributed by atoms with van der Waals surface area (Å²) in [7, 11) is 3.22. The molecule has 3 aromatic carbocycles. The van der Waals surface area contributed by atoms with Crippen LogP contribution >= 0.6 is 0 Å². The number of carbonyl (C=O) groups excluding carboxylic acids is 1. The highest BCUT2D eigenvalue weighted by atomic mass is 19.1. The summed E-state index contributed by atoms with van der Waals surface area (Å²) >= 11 is 0. The molecule has 6 heteroatoms. The predicted octanol–water partition coefficient (Wildman–Crippen LogP) is 5.21. The number of hydrogen-bond donors (Lipinski definition) is 0. The molecule has 1 aliphatic heterocycles. The molecule has 1 amide bonds. The van der Waals surface area contributed by atoms with Gasteiger partial charge in [0.05, 0.1) is 26.7 Å². The molecule has 1 atom stereocenters. The van der Waals surface area contributed by atoms with Gasteiger partial charge in [0.15, 0.2) is 11.5 Å². The van der Waals surface area contributed by atoms with Gasteiger partial charge in [-0.2, -0.15) is 0 Å². The molecule has 34 heavy (non-hydrogen) atoms. The SMILES string of the molecule is COc1cc2c(cc1OC)C(COc1cc(C)cc(C)c1)N(C(=O)Cc1ccc(F)cc1)CC2. The van der Waals surface area contributed by atoms with Gasteiger partial charge in [0.25, 0.3) is 0 Å². The fourth-order valence-electron chi connectivity index (χ4n) is 4.58. The van der Waals surface area contributed by atoms with E-state index in [4.69, 9.17) is 14.2 Å². The van der Waals surface area contributed by atoms with Crippen molar-refractivity contribution in [3.8, 4) is 17.2 Å². The molecule has 4 rings (SSSR count). The minimum atomic E-state index is -0.316. The van der Waals surface area contributed by atoms with Gasteiger partial charge in [0.1, 0.15) is 18.2 Å². The van der Waals surface area contributed by atoms with E-state index in [0.717, 1.165) is 33.6 Å². The van der Waals surface area contributed by atoms with E-state index < -0.39 is 0 Å². The van der Waals surface area contributed by atoms with Gasteiger partial charge in [-0.05, 0) is 84.5 Å². The first-order valence-corrected chi connectivity index (χ1v) is 11.4. The number of aryl methyl sites for hydroxylation is 2. The third-order valence-corrected chi connectivity index (χ3v) is 6.19. The van der Waals surface area contributed by atoms with E-state index in [1.54, 1.807) is 26.4 Å². The molecule has 0 aromatic heterocycles. The molecule has 0 saturated heterocycles. The van der Waals surface area contributed by atoms with E-state index in [9.17, 15) is 9.18 Å². The first-order valence-electron chi connectivity index (χ1n) is 11.4. The lowest BCUT2D eigenvalue weighted by molar-refractivity contribution is -0.134. The standard InChI is InChI=1S/C28H30FNO4/c1-18-11-19(2)13-23(12-18)34-17-25-24-16-27(33-4)26(32-3)15-21(24)9-10-30(25)28(31)14-20-5-7-22(29)8-6-20/h5-8,11-13,15-16,25H,9-10,14,17H2,1-4H3. The van der Waals surface area contributed by atoms with Crippen molar-refractivity contribution in [3.05, 3.63) is 88.2 Å². The number of ether oxygens (including phenoxy) is 3. The number of rotatable bonds is 7. The van der Waals surface area contributed by atoms with Gasteiger partial charge in [-0.25, -0.2) is 4.39 Å². The molecular weight excluding hydrogens is 433 g/mol. The number of carbonyl (C=O) groups is 1. The van der Waals surface area contributed by atoms with Crippen LogP contribution in [0.3, 0.4) is 0 Å². The maximum atomic E-state index is 13.4. The Kier molecular flexibility index (Phi) is 7.06. The number of amides is 1.